The van der Waals surface area contributed by atoms with Crippen LogP contribution >= 0.6 is 11.3 Å². The maximum atomic E-state index is 12.4. The molecule has 1 aromatic heterocycles. The molecule has 5 heteroatoms. The normalized spacial score (nSPS) is 14.9. The third-order valence-electron chi connectivity index (χ3n) is 4.89. The smallest absolute Gasteiger partial charge is 0.185 e. The Morgan fingerprint density at radius 1 is 1.00 bits per heavy atom. The number of carbonyl (C=O) groups excluding carboxylic acids is 2. The minimum absolute atomic E-state index is 0.00531. The summed E-state index contributed by atoms with van der Waals surface area (Å²) >= 11 is 1.53. The zero-order valence-corrected chi connectivity index (χ0v) is 16.6. The van der Waals surface area contributed by atoms with Gasteiger partial charge >= 0.3 is 0 Å². The zero-order valence-electron chi connectivity index (χ0n) is 15.8. The molecule has 0 unspecified atom stereocenters. The van der Waals surface area contributed by atoms with Crippen molar-refractivity contribution in [1.29, 1.82) is 0 Å². The molecule has 1 aliphatic carbocycles. The number of ether oxygens (including phenoxy) is 1. The number of nitrogens with zero attached hydrogens (tertiary/aromatic N) is 1. The topological polar surface area (TPSA) is 56.3 Å². The van der Waals surface area contributed by atoms with Crippen molar-refractivity contribution >= 4 is 22.9 Å². The van der Waals surface area contributed by atoms with E-state index in [1.54, 1.807) is 20.8 Å². The van der Waals surface area contributed by atoms with E-state index in [4.69, 9.17) is 4.74 Å². The van der Waals surface area contributed by atoms with Gasteiger partial charge in [0.05, 0.1) is 6.61 Å². The second kappa shape index (κ2) is 8.44. The first kappa shape index (κ1) is 19.2. The minimum atomic E-state index is -0.0165. The molecule has 0 atom stereocenters. The van der Waals surface area contributed by atoms with Crippen LogP contribution in [0.4, 0.5) is 0 Å². The quantitative estimate of drug-likeness (QED) is 0.403. The fraction of sp³-hybridized carbons (Fsp3) is 0.318. The number of hydrogen-bond donors (Lipinski definition) is 0. The molecule has 3 rings (SSSR count). The molecule has 4 nitrogen and oxygen atoms in total. The van der Waals surface area contributed by atoms with Gasteiger partial charge in [-0.25, -0.2) is 0 Å². The molecule has 0 fully saturated rings. The van der Waals surface area contributed by atoms with Gasteiger partial charge in [-0.15, -0.1) is 11.1 Å². The third-order valence-corrected chi connectivity index (χ3v) is 5.60. The summed E-state index contributed by atoms with van der Waals surface area (Å²) in [5.41, 5.74) is 6.38. The Morgan fingerprint density at radius 2 is 1.70 bits per heavy atom. The molecular formula is C22H22NO3S-. The highest BCUT2D eigenvalue weighted by atomic mass is 32.1. The summed E-state index contributed by atoms with van der Waals surface area (Å²) in [6.07, 6.45) is 3.93. The predicted molar refractivity (Wildman–Crippen MR) is 106 cm³/mol. The molecule has 1 aliphatic rings. The molecule has 0 amide bonds. The van der Waals surface area contributed by atoms with Gasteiger partial charge in [0, 0.05) is 22.3 Å². The van der Waals surface area contributed by atoms with Crippen LogP contribution in [0.3, 0.4) is 0 Å². The Bertz CT molecular complexity index is 906. The van der Waals surface area contributed by atoms with E-state index in [0.717, 1.165) is 12.2 Å². The SMILES string of the molecule is CC1=C(C)C(=O)C(CCCOc2ccc(Cc3cn[c-]s3)cc2)=C(C)C1=O. The second-order valence-electron chi connectivity index (χ2n) is 6.70. The molecule has 0 N–H and O–H groups in total. The minimum Gasteiger partial charge on any atom is -0.494 e. The lowest BCUT2D eigenvalue weighted by Crippen LogP contribution is -2.21. The number of Topliss-reactive ketones (excluding diaryl/α,β-unsaturated/α-hetero) is 2. The molecule has 1 heterocycles. The van der Waals surface area contributed by atoms with E-state index in [9.17, 15) is 9.59 Å². The summed E-state index contributed by atoms with van der Waals surface area (Å²) in [6, 6.07) is 8.00. The number of ketones is 2. The average molecular weight is 380 g/mol. The van der Waals surface area contributed by atoms with E-state index in [1.807, 2.05) is 30.5 Å². The molecule has 2 aromatic rings. The third kappa shape index (κ3) is 4.42. The average Bonchev–Trinajstić information content (AvgIpc) is 3.18. The summed E-state index contributed by atoms with van der Waals surface area (Å²) < 4.78 is 5.79. The van der Waals surface area contributed by atoms with Gasteiger partial charge in [0.15, 0.2) is 11.6 Å². The largest absolute Gasteiger partial charge is 0.494 e. The molecule has 140 valence electrons. The standard InChI is InChI=1S/C22H22NO3S/c1-14-15(2)22(25)20(16(3)21(14)24)5-4-10-26-18-8-6-17(7-9-18)11-19-12-23-13-27-19/h6-9,12H,4-5,10-11H2,1-3H3/q-1. The van der Waals surface area contributed by atoms with E-state index in [2.05, 4.69) is 10.5 Å². The van der Waals surface area contributed by atoms with Gasteiger partial charge in [0.25, 0.3) is 0 Å². The van der Waals surface area contributed by atoms with Crippen LogP contribution in [-0.2, 0) is 16.0 Å². The first-order chi connectivity index (χ1) is 13.0. The number of aromatic nitrogens is 1. The Labute approximate surface area is 163 Å². The summed E-state index contributed by atoms with van der Waals surface area (Å²) in [5, 5.41) is 0. The van der Waals surface area contributed by atoms with Gasteiger partial charge in [-0.1, -0.05) is 17.7 Å². The number of benzene rings is 1. The highest BCUT2D eigenvalue weighted by molar-refractivity contribution is 7.09. The highest BCUT2D eigenvalue weighted by Crippen LogP contribution is 2.27. The molecule has 0 radical (unpaired) electrons. The van der Waals surface area contributed by atoms with Gasteiger partial charge in [-0.05, 0) is 57.7 Å². The first-order valence-electron chi connectivity index (χ1n) is 8.96. The van der Waals surface area contributed by atoms with E-state index in [1.165, 1.54) is 21.8 Å². The maximum absolute atomic E-state index is 12.4. The predicted octanol–water partition coefficient (Wildman–Crippen LogP) is 4.50. The van der Waals surface area contributed by atoms with E-state index >= 15 is 0 Å². The number of allylic oxidation sites excluding steroid dienone is 4. The van der Waals surface area contributed by atoms with Crippen molar-refractivity contribution in [2.75, 3.05) is 6.61 Å². The lowest BCUT2D eigenvalue weighted by Gasteiger charge is -2.18. The maximum Gasteiger partial charge on any atom is 0.185 e. The lowest BCUT2D eigenvalue weighted by molar-refractivity contribution is -0.116. The Kier molecular flexibility index (Phi) is 6.01. The van der Waals surface area contributed by atoms with Gasteiger partial charge in [0.1, 0.15) is 5.75 Å². The van der Waals surface area contributed by atoms with Crippen LogP contribution < -0.4 is 4.74 Å². The van der Waals surface area contributed by atoms with Crippen LogP contribution in [0.1, 0.15) is 44.1 Å². The van der Waals surface area contributed by atoms with Crippen LogP contribution in [0.2, 0.25) is 0 Å². The number of hydrogen-bond acceptors (Lipinski definition) is 5. The molecule has 0 saturated carbocycles. The molecule has 0 saturated heterocycles. The molecule has 27 heavy (non-hydrogen) atoms. The van der Waals surface area contributed by atoms with Crippen LogP contribution in [0.5, 0.6) is 5.75 Å². The molecular weight excluding hydrogens is 358 g/mol. The Hall–Kier alpha value is -2.53. The van der Waals surface area contributed by atoms with Crippen molar-refractivity contribution in [3.05, 3.63) is 68.7 Å². The molecule has 1 aromatic carbocycles. The van der Waals surface area contributed by atoms with E-state index in [-0.39, 0.29) is 11.6 Å². The summed E-state index contributed by atoms with van der Waals surface area (Å²) in [5.74, 6) is 0.782. The monoisotopic (exact) mass is 380 g/mol. The van der Waals surface area contributed by atoms with Gasteiger partial charge in [-0.3, -0.25) is 20.9 Å². The van der Waals surface area contributed by atoms with E-state index in [0.29, 0.717) is 41.7 Å². The number of carbonyl (C=O) groups is 2. The van der Waals surface area contributed by atoms with Gasteiger partial charge < -0.3 is 9.72 Å². The van der Waals surface area contributed by atoms with Gasteiger partial charge in [0.2, 0.25) is 0 Å². The van der Waals surface area contributed by atoms with Crippen molar-refractivity contribution in [2.45, 2.75) is 40.0 Å². The number of rotatable bonds is 7. The first-order valence-corrected chi connectivity index (χ1v) is 9.78. The lowest BCUT2D eigenvalue weighted by atomic mass is 9.84. The van der Waals surface area contributed by atoms with Crippen molar-refractivity contribution in [1.82, 2.24) is 4.98 Å². The van der Waals surface area contributed by atoms with E-state index < -0.39 is 0 Å². The van der Waals surface area contributed by atoms with Crippen molar-refractivity contribution in [3.63, 3.8) is 0 Å². The Morgan fingerprint density at radius 3 is 2.37 bits per heavy atom. The molecule has 0 spiro atoms. The van der Waals surface area contributed by atoms with Crippen LogP contribution in [0, 0.1) is 5.51 Å². The van der Waals surface area contributed by atoms with Crippen molar-refractivity contribution < 1.29 is 14.3 Å². The molecule has 0 bridgehead atoms. The fourth-order valence-electron chi connectivity index (χ4n) is 3.09. The van der Waals surface area contributed by atoms with Crippen LogP contribution in [0.15, 0.2) is 52.8 Å². The summed E-state index contributed by atoms with van der Waals surface area (Å²) in [4.78, 5) is 29.7. The van der Waals surface area contributed by atoms with Crippen molar-refractivity contribution in [2.24, 2.45) is 0 Å². The molecule has 0 aliphatic heterocycles. The second-order valence-corrected chi connectivity index (χ2v) is 7.61. The number of thiazole rings is 1. The fourth-order valence-corrected chi connectivity index (χ4v) is 3.66. The summed E-state index contributed by atoms with van der Waals surface area (Å²) in [6.45, 7) is 5.69. The zero-order chi connectivity index (χ0) is 19.4. The highest BCUT2D eigenvalue weighted by Gasteiger charge is 2.27. The Balaban J connectivity index is 1.50. The summed E-state index contributed by atoms with van der Waals surface area (Å²) in [7, 11) is 0. The van der Waals surface area contributed by atoms with Crippen LogP contribution in [0.25, 0.3) is 0 Å². The van der Waals surface area contributed by atoms with Gasteiger partial charge in [-0.2, -0.15) is 0 Å². The van der Waals surface area contributed by atoms with Crippen molar-refractivity contribution in [3.8, 4) is 5.75 Å². The van der Waals surface area contributed by atoms with Crippen LogP contribution in [-0.4, -0.2) is 23.2 Å².